The number of nitrogens with two attached hydrogens (primary N) is 1. The largest absolute Gasteiger partial charge is 0.398 e. The normalized spacial score (nSPS) is 12.4. The molecule has 0 aromatic heterocycles. The van der Waals surface area contributed by atoms with E-state index >= 15 is 0 Å². The van der Waals surface area contributed by atoms with Crippen LogP contribution in [0.4, 0.5) is 5.69 Å². The minimum absolute atomic E-state index is 0.589. The molecule has 0 aliphatic heterocycles. The number of halogens is 1. The minimum Gasteiger partial charge on any atom is -0.398 e. The van der Waals surface area contributed by atoms with Gasteiger partial charge in [-0.15, -0.1) is 0 Å². The molecule has 3 heteroatoms. The van der Waals surface area contributed by atoms with Crippen LogP contribution in [0.25, 0.3) is 0 Å². The number of anilines is 1. The van der Waals surface area contributed by atoms with Gasteiger partial charge in [-0.2, -0.15) is 0 Å². The number of rotatable bonds is 2. The van der Waals surface area contributed by atoms with E-state index in [2.05, 4.69) is 15.9 Å². The van der Waals surface area contributed by atoms with Crippen LogP contribution < -0.4 is 5.73 Å². The molecule has 0 saturated heterocycles. The van der Waals surface area contributed by atoms with E-state index in [1.807, 2.05) is 42.5 Å². The summed E-state index contributed by atoms with van der Waals surface area (Å²) in [4.78, 5) is 0. The maximum absolute atomic E-state index is 10.2. The Balaban J connectivity index is 2.38. The molecule has 2 aromatic carbocycles. The second-order valence-corrected chi connectivity index (χ2v) is 4.50. The van der Waals surface area contributed by atoms with Crippen LogP contribution in [0.2, 0.25) is 0 Å². The van der Waals surface area contributed by atoms with Gasteiger partial charge in [0.1, 0.15) is 6.10 Å². The van der Waals surface area contributed by atoms with Crippen molar-refractivity contribution < 1.29 is 5.11 Å². The van der Waals surface area contributed by atoms with Gasteiger partial charge < -0.3 is 10.8 Å². The molecular weight excluding hydrogens is 266 g/mol. The summed E-state index contributed by atoms with van der Waals surface area (Å²) >= 11 is 3.34. The van der Waals surface area contributed by atoms with E-state index in [1.165, 1.54) is 0 Å². The second-order valence-electron chi connectivity index (χ2n) is 3.59. The Morgan fingerprint density at radius 1 is 1.06 bits per heavy atom. The van der Waals surface area contributed by atoms with Gasteiger partial charge in [-0.1, -0.05) is 52.3 Å². The van der Waals surface area contributed by atoms with E-state index < -0.39 is 6.10 Å². The molecule has 0 fully saturated rings. The van der Waals surface area contributed by atoms with Gasteiger partial charge in [-0.25, -0.2) is 0 Å². The molecule has 0 heterocycles. The van der Waals surface area contributed by atoms with Crippen molar-refractivity contribution in [1.29, 1.82) is 0 Å². The van der Waals surface area contributed by atoms with Crippen molar-refractivity contribution >= 4 is 21.6 Å². The molecule has 82 valence electrons. The molecule has 3 N–H and O–H groups in total. The predicted octanol–water partition coefficient (Wildman–Crippen LogP) is 3.11. The zero-order valence-corrected chi connectivity index (χ0v) is 10.2. The number of hydrogen-bond acceptors (Lipinski definition) is 2. The van der Waals surface area contributed by atoms with Gasteiger partial charge in [0.25, 0.3) is 0 Å². The molecule has 0 aliphatic carbocycles. The predicted molar refractivity (Wildman–Crippen MR) is 69.1 cm³/mol. The van der Waals surface area contributed by atoms with Crippen LogP contribution >= 0.6 is 15.9 Å². The number of benzene rings is 2. The Morgan fingerprint density at radius 2 is 1.75 bits per heavy atom. The van der Waals surface area contributed by atoms with E-state index in [9.17, 15) is 5.11 Å². The van der Waals surface area contributed by atoms with Gasteiger partial charge in [-0.05, 0) is 17.7 Å². The number of aliphatic hydroxyl groups excluding tert-OH is 1. The lowest BCUT2D eigenvalue weighted by Gasteiger charge is -2.13. The summed E-state index contributed by atoms with van der Waals surface area (Å²) in [6.07, 6.45) is -0.672. The van der Waals surface area contributed by atoms with Crippen LogP contribution in [0.1, 0.15) is 17.2 Å². The molecule has 0 aliphatic rings. The maximum atomic E-state index is 10.2. The van der Waals surface area contributed by atoms with Gasteiger partial charge in [0.2, 0.25) is 0 Å². The third-order valence-electron chi connectivity index (χ3n) is 2.46. The monoisotopic (exact) mass is 277 g/mol. The van der Waals surface area contributed by atoms with Crippen LogP contribution in [0, 0.1) is 0 Å². The summed E-state index contributed by atoms with van der Waals surface area (Å²) in [5, 5.41) is 10.2. The summed E-state index contributed by atoms with van der Waals surface area (Å²) in [7, 11) is 0. The molecule has 16 heavy (non-hydrogen) atoms. The van der Waals surface area contributed by atoms with Gasteiger partial charge >= 0.3 is 0 Å². The molecule has 0 bridgehead atoms. The minimum atomic E-state index is -0.672. The SMILES string of the molecule is Nc1cc(Br)ccc1[C@H](O)c1ccccc1. The molecule has 0 unspecified atom stereocenters. The molecule has 0 saturated carbocycles. The Bertz CT molecular complexity index is 485. The van der Waals surface area contributed by atoms with E-state index in [0.717, 1.165) is 15.6 Å². The highest BCUT2D eigenvalue weighted by Gasteiger charge is 2.12. The van der Waals surface area contributed by atoms with E-state index in [-0.39, 0.29) is 0 Å². The van der Waals surface area contributed by atoms with E-state index in [4.69, 9.17) is 5.73 Å². The zero-order chi connectivity index (χ0) is 11.5. The third-order valence-corrected chi connectivity index (χ3v) is 2.95. The molecule has 0 spiro atoms. The quantitative estimate of drug-likeness (QED) is 0.829. The van der Waals surface area contributed by atoms with Crippen molar-refractivity contribution in [3.63, 3.8) is 0 Å². The van der Waals surface area contributed by atoms with E-state index in [0.29, 0.717) is 5.69 Å². The van der Waals surface area contributed by atoms with Crippen molar-refractivity contribution in [2.24, 2.45) is 0 Å². The zero-order valence-electron chi connectivity index (χ0n) is 8.60. The fourth-order valence-corrected chi connectivity index (χ4v) is 1.99. The Kier molecular flexibility index (Phi) is 3.27. The highest BCUT2D eigenvalue weighted by Crippen LogP contribution is 2.28. The molecule has 0 amide bonds. The van der Waals surface area contributed by atoms with Crippen LogP contribution in [0.3, 0.4) is 0 Å². The van der Waals surface area contributed by atoms with Crippen molar-refractivity contribution in [3.8, 4) is 0 Å². The molecule has 2 rings (SSSR count). The second kappa shape index (κ2) is 4.68. The first-order valence-electron chi connectivity index (χ1n) is 4.96. The fraction of sp³-hybridized carbons (Fsp3) is 0.0769. The average Bonchev–Trinajstić information content (AvgIpc) is 2.29. The highest BCUT2D eigenvalue weighted by molar-refractivity contribution is 9.10. The van der Waals surface area contributed by atoms with Crippen molar-refractivity contribution in [1.82, 2.24) is 0 Å². The Labute approximate surface area is 103 Å². The lowest BCUT2D eigenvalue weighted by atomic mass is 10.0. The van der Waals surface area contributed by atoms with Crippen molar-refractivity contribution in [2.45, 2.75) is 6.10 Å². The fourth-order valence-electron chi connectivity index (χ4n) is 1.61. The summed E-state index contributed by atoms with van der Waals surface area (Å²) in [6, 6.07) is 15.0. The highest BCUT2D eigenvalue weighted by atomic mass is 79.9. The number of nitrogen functional groups attached to an aromatic ring is 1. The Morgan fingerprint density at radius 3 is 2.38 bits per heavy atom. The van der Waals surface area contributed by atoms with Crippen LogP contribution in [0.15, 0.2) is 53.0 Å². The van der Waals surface area contributed by atoms with Gasteiger partial charge in [-0.3, -0.25) is 0 Å². The van der Waals surface area contributed by atoms with Crippen LogP contribution in [0.5, 0.6) is 0 Å². The Hall–Kier alpha value is -1.32. The van der Waals surface area contributed by atoms with Crippen molar-refractivity contribution in [3.05, 3.63) is 64.1 Å². The smallest absolute Gasteiger partial charge is 0.106 e. The average molecular weight is 278 g/mol. The summed E-state index contributed by atoms with van der Waals surface area (Å²) < 4.78 is 0.911. The van der Waals surface area contributed by atoms with Crippen LogP contribution in [-0.2, 0) is 0 Å². The van der Waals surface area contributed by atoms with Gasteiger partial charge in [0.15, 0.2) is 0 Å². The number of aliphatic hydroxyl groups is 1. The third kappa shape index (κ3) is 2.26. The summed E-state index contributed by atoms with van der Waals surface area (Å²) in [6.45, 7) is 0. The first kappa shape index (κ1) is 11.2. The standard InChI is InChI=1S/C13H12BrNO/c14-10-6-7-11(12(15)8-10)13(16)9-4-2-1-3-5-9/h1-8,13,16H,15H2/t13-/m1/s1. The van der Waals surface area contributed by atoms with Gasteiger partial charge in [0.05, 0.1) is 0 Å². The van der Waals surface area contributed by atoms with E-state index in [1.54, 1.807) is 6.07 Å². The van der Waals surface area contributed by atoms with Gasteiger partial charge in [0, 0.05) is 15.7 Å². The van der Waals surface area contributed by atoms with Crippen molar-refractivity contribution in [2.75, 3.05) is 5.73 Å². The lowest BCUT2D eigenvalue weighted by molar-refractivity contribution is 0.221. The summed E-state index contributed by atoms with van der Waals surface area (Å²) in [5.74, 6) is 0. The molecule has 1 atom stereocenters. The lowest BCUT2D eigenvalue weighted by Crippen LogP contribution is -2.03. The van der Waals surface area contributed by atoms with Crippen LogP contribution in [-0.4, -0.2) is 5.11 Å². The number of hydrogen-bond donors (Lipinski definition) is 2. The first-order valence-corrected chi connectivity index (χ1v) is 5.75. The maximum Gasteiger partial charge on any atom is 0.106 e. The molecule has 2 aromatic rings. The first-order chi connectivity index (χ1) is 7.68. The molecular formula is C13H12BrNO. The topological polar surface area (TPSA) is 46.2 Å². The summed E-state index contributed by atoms with van der Waals surface area (Å²) in [5.41, 5.74) is 8.03. The molecule has 0 radical (unpaired) electrons. The molecule has 2 nitrogen and oxygen atoms in total.